The monoisotopic (exact) mass is 180 g/mol. The predicted octanol–water partition coefficient (Wildman–Crippen LogP) is -2.49. The van der Waals surface area contributed by atoms with Crippen molar-refractivity contribution in [3.05, 3.63) is 0 Å². The van der Waals surface area contributed by atoms with E-state index in [-0.39, 0.29) is 6.04 Å². The molecule has 0 radical (unpaired) electrons. The van der Waals surface area contributed by atoms with Crippen molar-refractivity contribution in [1.29, 1.82) is 0 Å². The molecule has 0 aliphatic carbocycles. The Morgan fingerprint density at radius 3 is 2.36 bits per heavy atom. The van der Waals surface area contributed by atoms with Crippen LogP contribution in [0.4, 0.5) is 0 Å². The molecule has 1 saturated heterocycles. The highest BCUT2D eigenvalue weighted by Crippen LogP contribution is 1.97. The van der Waals surface area contributed by atoms with E-state index >= 15 is 0 Å². The summed E-state index contributed by atoms with van der Waals surface area (Å²) in [6.45, 7) is 1.96. The van der Waals surface area contributed by atoms with Crippen LogP contribution in [0.15, 0.2) is 0 Å². The van der Waals surface area contributed by atoms with Gasteiger partial charge in [-0.25, -0.2) is 5.14 Å². The molecule has 0 amide bonds. The van der Waals surface area contributed by atoms with Crippen molar-refractivity contribution < 1.29 is 13.7 Å². The van der Waals surface area contributed by atoms with Crippen LogP contribution in [0.3, 0.4) is 0 Å². The van der Waals surface area contributed by atoms with Crippen LogP contribution in [-0.2, 0) is 10.2 Å². The summed E-state index contributed by atoms with van der Waals surface area (Å²) in [6.07, 6.45) is 1.74. The van der Waals surface area contributed by atoms with Crippen LogP contribution in [0, 0.1) is 0 Å². The van der Waals surface area contributed by atoms with Crippen molar-refractivity contribution in [1.82, 2.24) is 4.72 Å². The van der Waals surface area contributed by atoms with Crippen LogP contribution in [0.25, 0.3) is 0 Å². The van der Waals surface area contributed by atoms with E-state index in [1.807, 2.05) is 0 Å². The lowest BCUT2D eigenvalue weighted by Gasteiger charge is -2.19. The normalized spacial score (nSPS) is 21.9. The molecule has 1 aliphatic heterocycles. The lowest BCUT2D eigenvalue weighted by Crippen LogP contribution is -2.87. The molecule has 11 heavy (non-hydrogen) atoms. The van der Waals surface area contributed by atoms with Gasteiger partial charge in [-0.15, -0.1) is 0 Å². The molecule has 0 aromatic rings. The number of nitrogens with two attached hydrogens (primary N) is 2. The van der Waals surface area contributed by atoms with Gasteiger partial charge in [0.05, 0.1) is 13.1 Å². The molecule has 1 fully saturated rings. The number of nitrogens with one attached hydrogen (secondary N) is 1. The second-order valence-corrected chi connectivity index (χ2v) is 4.13. The van der Waals surface area contributed by atoms with Gasteiger partial charge in [0, 0.05) is 18.9 Å². The van der Waals surface area contributed by atoms with E-state index < -0.39 is 10.2 Å². The number of rotatable bonds is 2. The van der Waals surface area contributed by atoms with Gasteiger partial charge in [0.1, 0.15) is 0 Å². The fourth-order valence-electron chi connectivity index (χ4n) is 1.28. The SMILES string of the molecule is NS(=O)(=O)NC1CC[NH2+]CC1. The summed E-state index contributed by atoms with van der Waals surface area (Å²) in [5.74, 6) is 0. The van der Waals surface area contributed by atoms with Crippen molar-refractivity contribution >= 4 is 10.2 Å². The summed E-state index contributed by atoms with van der Waals surface area (Å²) >= 11 is 0. The first-order valence-corrected chi connectivity index (χ1v) is 5.24. The lowest BCUT2D eigenvalue weighted by molar-refractivity contribution is -0.663. The molecule has 1 heterocycles. The van der Waals surface area contributed by atoms with Crippen LogP contribution >= 0.6 is 0 Å². The van der Waals surface area contributed by atoms with Crippen LogP contribution < -0.4 is 15.2 Å². The van der Waals surface area contributed by atoms with Gasteiger partial charge in [-0.05, 0) is 0 Å². The zero-order chi connectivity index (χ0) is 8.32. The highest BCUT2D eigenvalue weighted by Gasteiger charge is 2.18. The Hall–Kier alpha value is -0.170. The van der Waals surface area contributed by atoms with Gasteiger partial charge in [0.25, 0.3) is 10.2 Å². The fraction of sp³-hybridized carbons (Fsp3) is 1.00. The third kappa shape index (κ3) is 3.66. The van der Waals surface area contributed by atoms with E-state index in [0.29, 0.717) is 0 Å². The Balaban J connectivity index is 2.36. The van der Waals surface area contributed by atoms with Gasteiger partial charge in [0.2, 0.25) is 0 Å². The van der Waals surface area contributed by atoms with Gasteiger partial charge >= 0.3 is 0 Å². The maximum absolute atomic E-state index is 10.6. The van der Waals surface area contributed by atoms with E-state index in [2.05, 4.69) is 10.0 Å². The topological polar surface area (TPSA) is 88.8 Å². The Kier molecular flexibility index (Phi) is 2.83. The number of quaternary nitrogens is 1. The summed E-state index contributed by atoms with van der Waals surface area (Å²) < 4.78 is 23.5. The molecule has 0 atom stereocenters. The summed E-state index contributed by atoms with van der Waals surface area (Å²) in [4.78, 5) is 0. The quantitative estimate of drug-likeness (QED) is 0.439. The van der Waals surface area contributed by atoms with Crippen LogP contribution in [0.2, 0.25) is 0 Å². The molecule has 66 valence electrons. The van der Waals surface area contributed by atoms with Crippen molar-refractivity contribution in [2.24, 2.45) is 5.14 Å². The second-order valence-electron chi connectivity index (χ2n) is 2.80. The third-order valence-corrected chi connectivity index (χ3v) is 2.43. The van der Waals surface area contributed by atoms with Crippen molar-refractivity contribution in [2.75, 3.05) is 13.1 Å². The predicted molar refractivity (Wildman–Crippen MR) is 40.9 cm³/mol. The summed E-state index contributed by atoms with van der Waals surface area (Å²) in [5, 5.41) is 6.99. The molecule has 5 nitrogen and oxygen atoms in total. The Morgan fingerprint density at radius 1 is 1.36 bits per heavy atom. The average Bonchev–Trinajstić information content (AvgIpc) is 1.85. The largest absolute Gasteiger partial charge is 0.346 e. The van der Waals surface area contributed by atoms with Crippen molar-refractivity contribution in [3.8, 4) is 0 Å². The van der Waals surface area contributed by atoms with Crippen molar-refractivity contribution in [2.45, 2.75) is 18.9 Å². The van der Waals surface area contributed by atoms with Gasteiger partial charge in [-0.2, -0.15) is 13.1 Å². The Morgan fingerprint density at radius 2 is 1.91 bits per heavy atom. The maximum atomic E-state index is 10.6. The summed E-state index contributed by atoms with van der Waals surface area (Å²) in [7, 11) is -3.49. The Labute approximate surface area is 66.5 Å². The fourth-order valence-corrected chi connectivity index (χ4v) is 1.98. The van der Waals surface area contributed by atoms with E-state index in [1.165, 1.54) is 0 Å². The molecule has 1 rings (SSSR count). The molecular formula is C5H14N3O2S+. The number of hydrogen-bond donors (Lipinski definition) is 3. The van der Waals surface area contributed by atoms with Gasteiger partial charge in [-0.1, -0.05) is 0 Å². The minimum Gasteiger partial charge on any atom is -0.346 e. The molecule has 0 bridgehead atoms. The lowest BCUT2D eigenvalue weighted by atomic mass is 10.1. The second kappa shape index (κ2) is 3.48. The third-order valence-electron chi connectivity index (χ3n) is 1.77. The van der Waals surface area contributed by atoms with E-state index in [0.717, 1.165) is 25.9 Å². The molecule has 0 aromatic heterocycles. The molecule has 5 N–H and O–H groups in total. The van der Waals surface area contributed by atoms with Crippen LogP contribution in [0.5, 0.6) is 0 Å². The number of piperidine rings is 1. The summed E-state index contributed by atoms with van der Waals surface area (Å²) in [6, 6.07) is 0.0509. The molecule has 0 saturated carbocycles. The zero-order valence-electron chi connectivity index (χ0n) is 6.29. The molecule has 0 unspecified atom stereocenters. The highest BCUT2D eigenvalue weighted by atomic mass is 32.2. The molecule has 6 heteroatoms. The zero-order valence-corrected chi connectivity index (χ0v) is 7.10. The summed E-state index contributed by atoms with van der Waals surface area (Å²) in [5.41, 5.74) is 0. The molecule has 0 spiro atoms. The standard InChI is InChI=1S/C5H13N3O2S/c6-11(9,10)8-5-1-3-7-4-2-5/h5,7-8H,1-4H2,(H2,6,9,10)/p+1. The van der Waals surface area contributed by atoms with Crippen LogP contribution in [-0.4, -0.2) is 27.5 Å². The number of hydrogen-bond acceptors (Lipinski definition) is 2. The first-order chi connectivity index (χ1) is 5.08. The molecular weight excluding hydrogens is 166 g/mol. The van der Waals surface area contributed by atoms with Gasteiger partial charge in [0.15, 0.2) is 0 Å². The first kappa shape index (κ1) is 8.92. The highest BCUT2D eigenvalue weighted by molar-refractivity contribution is 7.87. The van der Waals surface area contributed by atoms with Gasteiger partial charge < -0.3 is 5.32 Å². The smallest absolute Gasteiger partial charge is 0.274 e. The van der Waals surface area contributed by atoms with Gasteiger partial charge in [-0.3, -0.25) is 0 Å². The minimum atomic E-state index is -3.49. The first-order valence-electron chi connectivity index (χ1n) is 3.69. The van der Waals surface area contributed by atoms with Crippen molar-refractivity contribution in [3.63, 3.8) is 0 Å². The Bertz CT molecular complexity index is 208. The van der Waals surface area contributed by atoms with E-state index in [9.17, 15) is 8.42 Å². The molecule has 0 aromatic carbocycles. The van der Waals surface area contributed by atoms with Crippen LogP contribution in [0.1, 0.15) is 12.8 Å². The maximum Gasteiger partial charge on any atom is 0.274 e. The van der Waals surface area contributed by atoms with E-state index in [4.69, 9.17) is 5.14 Å². The van der Waals surface area contributed by atoms with E-state index in [1.54, 1.807) is 0 Å². The minimum absolute atomic E-state index is 0.0509. The average molecular weight is 180 g/mol. The molecule has 1 aliphatic rings.